The molecule has 0 spiro atoms. The molecule has 0 radical (unpaired) electrons. The Morgan fingerprint density at radius 3 is 2.76 bits per heavy atom. The number of nitrogens with one attached hydrogen (secondary N) is 1. The molecule has 92 valence electrons. The fourth-order valence-corrected chi connectivity index (χ4v) is 1.83. The van der Waals surface area contributed by atoms with Crippen molar-refractivity contribution in [3.63, 3.8) is 0 Å². The minimum Gasteiger partial charge on any atom is -0.338 e. The number of amides is 1. The summed E-state index contributed by atoms with van der Waals surface area (Å²) < 4.78 is 1.05. The highest BCUT2D eigenvalue weighted by Crippen LogP contribution is 2.26. The molecular weight excluding hydrogens is 222 g/mol. The Balaban J connectivity index is 2.14. The number of aromatic amines is 1. The Morgan fingerprint density at radius 1 is 1.47 bits per heavy atom. The number of aromatic nitrogens is 2. The minimum atomic E-state index is -0.383. The zero-order valence-corrected chi connectivity index (χ0v) is 9.68. The summed E-state index contributed by atoms with van der Waals surface area (Å²) in [7, 11) is 0. The van der Waals surface area contributed by atoms with E-state index in [1.807, 2.05) is 6.92 Å². The van der Waals surface area contributed by atoms with Gasteiger partial charge in [-0.2, -0.15) is 0 Å². The summed E-state index contributed by atoms with van der Waals surface area (Å²) in [5.74, 6) is -0.126. The van der Waals surface area contributed by atoms with Crippen LogP contribution in [0.5, 0.6) is 0 Å². The van der Waals surface area contributed by atoms with Crippen molar-refractivity contribution < 1.29 is 4.79 Å². The van der Waals surface area contributed by atoms with E-state index >= 15 is 0 Å². The van der Waals surface area contributed by atoms with Crippen LogP contribution in [0.25, 0.3) is 0 Å². The van der Waals surface area contributed by atoms with Crippen LogP contribution in [0.3, 0.4) is 0 Å². The predicted octanol–water partition coefficient (Wildman–Crippen LogP) is -0.453. The summed E-state index contributed by atoms with van der Waals surface area (Å²) in [5, 5.41) is 2.35. The van der Waals surface area contributed by atoms with Gasteiger partial charge >= 0.3 is 0 Å². The van der Waals surface area contributed by atoms with E-state index in [1.165, 1.54) is 6.07 Å². The molecule has 1 saturated carbocycles. The summed E-state index contributed by atoms with van der Waals surface area (Å²) in [5.41, 5.74) is -0.753. The normalized spacial score (nSPS) is 14.6. The third-order valence-electron chi connectivity index (χ3n) is 2.83. The van der Waals surface area contributed by atoms with Gasteiger partial charge in [0.1, 0.15) is 6.54 Å². The first kappa shape index (κ1) is 11.6. The number of likely N-dealkylation sites (N-methyl/N-ethyl adjacent to an activating group) is 1. The van der Waals surface area contributed by atoms with E-state index in [0.717, 1.165) is 23.6 Å². The molecule has 1 aromatic heterocycles. The Hall–Kier alpha value is -1.85. The van der Waals surface area contributed by atoms with Crippen molar-refractivity contribution >= 4 is 5.91 Å². The number of hydrogen-bond donors (Lipinski definition) is 1. The zero-order chi connectivity index (χ0) is 12.4. The van der Waals surface area contributed by atoms with Gasteiger partial charge in [0.25, 0.3) is 11.1 Å². The first-order valence-corrected chi connectivity index (χ1v) is 5.71. The molecule has 2 rings (SSSR count). The van der Waals surface area contributed by atoms with Crippen molar-refractivity contribution in [2.45, 2.75) is 32.4 Å². The second kappa shape index (κ2) is 4.57. The molecule has 0 aromatic carbocycles. The molecule has 6 heteroatoms. The maximum atomic E-state index is 11.9. The molecule has 0 aliphatic heterocycles. The summed E-state index contributed by atoms with van der Waals surface area (Å²) in [6, 6.07) is 2.64. The van der Waals surface area contributed by atoms with E-state index in [1.54, 1.807) is 4.90 Å². The van der Waals surface area contributed by atoms with Crippen LogP contribution in [-0.2, 0) is 11.3 Å². The number of H-pyrrole nitrogens is 1. The van der Waals surface area contributed by atoms with Crippen molar-refractivity contribution in [1.82, 2.24) is 14.7 Å². The quantitative estimate of drug-likeness (QED) is 0.770. The van der Waals surface area contributed by atoms with Gasteiger partial charge in [-0.15, -0.1) is 0 Å². The Kier molecular flexibility index (Phi) is 3.12. The molecule has 1 amide bonds. The van der Waals surface area contributed by atoms with Crippen molar-refractivity contribution in [1.29, 1.82) is 0 Å². The highest BCUT2D eigenvalue weighted by atomic mass is 16.2. The Morgan fingerprint density at radius 2 is 2.18 bits per heavy atom. The molecule has 1 N–H and O–H groups in total. The minimum absolute atomic E-state index is 0.0980. The molecule has 1 aliphatic carbocycles. The molecule has 0 saturated heterocycles. The lowest BCUT2D eigenvalue weighted by Gasteiger charge is -2.20. The maximum Gasteiger partial charge on any atom is 0.265 e. The van der Waals surface area contributed by atoms with E-state index in [2.05, 4.69) is 5.10 Å². The molecule has 6 nitrogen and oxygen atoms in total. The Bertz CT molecular complexity index is 527. The van der Waals surface area contributed by atoms with Crippen molar-refractivity contribution in [3.8, 4) is 0 Å². The fraction of sp³-hybridized carbons (Fsp3) is 0.545. The molecule has 17 heavy (non-hydrogen) atoms. The van der Waals surface area contributed by atoms with Gasteiger partial charge in [-0.05, 0) is 19.8 Å². The van der Waals surface area contributed by atoms with Crippen molar-refractivity contribution in [2.75, 3.05) is 6.54 Å². The van der Waals surface area contributed by atoms with Gasteiger partial charge in [-0.25, -0.2) is 4.68 Å². The number of carbonyl (C=O) groups is 1. The summed E-state index contributed by atoms with van der Waals surface area (Å²) in [6.45, 7) is 2.45. The van der Waals surface area contributed by atoms with Crippen LogP contribution < -0.4 is 11.1 Å². The third kappa shape index (κ3) is 2.64. The maximum absolute atomic E-state index is 11.9. The molecule has 0 atom stereocenters. The molecule has 1 aromatic rings. The van der Waals surface area contributed by atoms with Crippen LogP contribution in [-0.4, -0.2) is 33.2 Å². The van der Waals surface area contributed by atoms with Crippen LogP contribution in [0.1, 0.15) is 19.8 Å². The second-order valence-corrected chi connectivity index (χ2v) is 4.14. The second-order valence-electron chi connectivity index (χ2n) is 4.14. The molecule has 1 fully saturated rings. The first-order valence-electron chi connectivity index (χ1n) is 5.71. The number of carbonyl (C=O) groups excluding carboxylic acids is 1. The average Bonchev–Trinajstić information content (AvgIpc) is 3.09. The van der Waals surface area contributed by atoms with Crippen LogP contribution in [0.15, 0.2) is 21.7 Å². The van der Waals surface area contributed by atoms with E-state index in [-0.39, 0.29) is 23.6 Å². The first-order chi connectivity index (χ1) is 8.11. The smallest absolute Gasteiger partial charge is 0.265 e. The Labute approximate surface area is 97.8 Å². The molecular formula is C11H15N3O3. The van der Waals surface area contributed by atoms with E-state index < -0.39 is 0 Å². The summed E-state index contributed by atoms with van der Waals surface area (Å²) in [4.78, 5) is 36.2. The number of hydrogen-bond acceptors (Lipinski definition) is 3. The summed E-state index contributed by atoms with van der Waals surface area (Å²) in [6.07, 6.45) is 2.06. The monoisotopic (exact) mass is 237 g/mol. The largest absolute Gasteiger partial charge is 0.338 e. The lowest BCUT2D eigenvalue weighted by molar-refractivity contribution is -0.132. The van der Waals surface area contributed by atoms with Gasteiger partial charge in [0.2, 0.25) is 5.91 Å². The average molecular weight is 237 g/mol. The molecule has 0 unspecified atom stereocenters. The topological polar surface area (TPSA) is 75.2 Å². The van der Waals surface area contributed by atoms with Crippen molar-refractivity contribution in [2.24, 2.45) is 0 Å². The fourth-order valence-electron chi connectivity index (χ4n) is 1.83. The molecule has 1 heterocycles. The molecule has 0 bridgehead atoms. The van der Waals surface area contributed by atoms with Gasteiger partial charge < -0.3 is 4.90 Å². The van der Waals surface area contributed by atoms with Crippen LogP contribution in [0.4, 0.5) is 0 Å². The predicted molar refractivity (Wildman–Crippen MR) is 61.7 cm³/mol. The number of rotatable bonds is 4. The lowest BCUT2D eigenvalue weighted by atomic mass is 10.4. The highest BCUT2D eigenvalue weighted by Gasteiger charge is 2.31. The van der Waals surface area contributed by atoms with Gasteiger partial charge in [-0.1, -0.05) is 0 Å². The number of nitrogens with zero attached hydrogens (tertiary/aromatic N) is 2. The lowest BCUT2D eigenvalue weighted by Crippen LogP contribution is -2.39. The van der Waals surface area contributed by atoms with Gasteiger partial charge in [0, 0.05) is 24.7 Å². The zero-order valence-electron chi connectivity index (χ0n) is 9.68. The van der Waals surface area contributed by atoms with Gasteiger partial charge in [0.15, 0.2) is 0 Å². The van der Waals surface area contributed by atoms with E-state index in [0.29, 0.717) is 12.6 Å². The van der Waals surface area contributed by atoms with Crippen LogP contribution >= 0.6 is 0 Å². The molecule has 1 aliphatic rings. The SMILES string of the molecule is CCN(C(=O)Cn1[nH]c(=O)ccc1=O)C1CC1. The third-order valence-corrected chi connectivity index (χ3v) is 2.83. The van der Waals surface area contributed by atoms with E-state index in [9.17, 15) is 14.4 Å². The van der Waals surface area contributed by atoms with Crippen LogP contribution in [0.2, 0.25) is 0 Å². The standard InChI is InChI=1S/C11H15N3O3/c1-2-13(8-3-4-8)11(17)7-14-10(16)6-5-9(15)12-14/h5-6,8H,2-4,7H2,1H3,(H,12,15). The highest BCUT2D eigenvalue weighted by molar-refractivity contribution is 5.76. The van der Waals surface area contributed by atoms with Gasteiger partial charge in [0.05, 0.1) is 0 Å². The van der Waals surface area contributed by atoms with Gasteiger partial charge in [-0.3, -0.25) is 19.5 Å². The van der Waals surface area contributed by atoms with Crippen molar-refractivity contribution in [3.05, 3.63) is 32.8 Å². The van der Waals surface area contributed by atoms with Crippen LogP contribution in [0, 0.1) is 0 Å². The summed E-state index contributed by atoms with van der Waals surface area (Å²) >= 11 is 0. The van der Waals surface area contributed by atoms with E-state index in [4.69, 9.17) is 0 Å².